The van der Waals surface area contributed by atoms with Crippen molar-refractivity contribution in [1.29, 1.82) is 0 Å². The van der Waals surface area contributed by atoms with Crippen LogP contribution in [0.4, 0.5) is 17.1 Å². The van der Waals surface area contributed by atoms with Crippen molar-refractivity contribution in [2.75, 3.05) is 4.90 Å². The van der Waals surface area contributed by atoms with Gasteiger partial charge < -0.3 is 9.32 Å². The Bertz CT molecular complexity index is 2690. The van der Waals surface area contributed by atoms with E-state index < -0.39 is 0 Å². The first kappa shape index (κ1) is 25.9. The van der Waals surface area contributed by atoms with Crippen LogP contribution in [0, 0.1) is 0 Å². The number of para-hydroxylation sites is 1. The third-order valence-electron chi connectivity index (χ3n) is 10.1. The number of benzene rings is 7. The van der Waals surface area contributed by atoms with Gasteiger partial charge in [0.15, 0.2) is 0 Å². The van der Waals surface area contributed by atoms with E-state index in [9.17, 15) is 0 Å². The number of thiophene rings is 1. The molecule has 0 saturated carbocycles. The van der Waals surface area contributed by atoms with Gasteiger partial charge in [0.2, 0.25) is 0 Å². The Labute approximate surface area is 270 Å². The maximum atomic E-state index is 6.43. The molecule has 10 rings (SSSR count). The van der Waals surface area contributed by atoms with Gasteiger partial charge in [0.1, 0.15) is 11.2 Å². The predicted octanol–water partition coefficient (Wildman–Crippen LogP) is 12.9. The molecule has 0 aliphatic heterocycles. The summed E-state index contributed by atoms with van der Waals surface area (Å²) in [6.45, 7) is 4.70. The van der Waals surface area contributed by atoms with Crippen LogP contribution in [0.2, 0.25) is 0 Å². The lowest BCUT2D eigenvalue weighted by atomic mass is 9.82. The van der Waals surface area contributed by atoms with E-state index in [4.69, 9.17) is 4.42 Å². The number of rotatable bonds is 3. The Morgan fingerprint density at radius 3 is 2.17 bits per heavy atom. The molecule has 2 aromatic heterocycles. The van der Waals surface area contributed by atoms with Gasteiger partial charge in [-0.15, -0.1) is 11.3 Å². The number of furan rings is 1. The molecule has 7 aromatic carbocycles. The number of fused-ring (bicyclic) bond motifs is 11. The van der Waals surface area contributed by atoms with E-state index in [2.05, 4.69) is 152 Å². The lowest BCUT2D eigenvalue weighted by Gasteiger charge is -2.29. The van der Waals surface area contributed by atoms with E-state index in [0.717, 1.165) is 33.3 Å². The van der Waals surface area contributed by atoms with Gasteiger partial charge in [-0.3, -0.25) is 0 Å². The van der Waals surface area contributed by atoms with Crippen LogP contribution in [-0.4, -0.2) is 0 Å². The summed E-state index contributed by atoms with van der Waals surface area (Å²) in [6.07, 6.45) is 0. The number of hydrogen-bond acceptors (Lipinski definition) is 3. The van der Waals surface area contributed by atoms with E-state index in [0.29, 0.717) is 0 Å². The van der Waals surface area contributed by atoms with Crippen molar-refractivity contribution in [2.24, 2.45) is 0 Å². The summed E-state index contributed by atoms with van der Waals surface area (Å²) in [5.41, 5.74) is 10.4. The quantitative estimate of drug-likeness (QED) is 0.199. The zero-order valence-electron chi connectivity index (χ0n) is 25.5. The first-order valence-corrected chi connectivity index (χ1v) is 16.7. The second-order valence-corrected chi connectivity index (χ2v) is 14.0. The molecular formula is C43H29NOS. The largest absolute Gasteiger partial charge is 0.456 e. The summed E-state index contributed by atoms with van der Waals surface area (Å²) in [5, 5.41) is 7.44. The van der Waals surface area contributed by atoms with Crippen LogP contribution in [-0.2, 0) is 5.41 Å². The molecule has 218 valence electrons. The van der Waals surface area contributed by atoms with Crippen LogP contribution in [0.3, 0.4) is 0 Å². The highest BCUT2D eigenvalue weighted by atomic mass is 32.1. The Hall–Kier alpha value is -5.38. The molecule has 0 N–H and O–H groups in total. The van der Waals surface area contributed by atoms with Crippen molar-refractivity contribution in [2.45, 2.75) is 19.3 Å². The normalized spacial score (nSPS) is 13.6. The fourth-order valence-corrected chi connectivity index (χ4v) is 9.06. The minimum absolute atomic E-state index is 0.0943. The third kappa shape index (κ3) is 3.52. The molecule has 0 fully saturated rings. The van der Waals surface area contributed by atoms with Gasteiger partial charge in [-0.1, -0.05) is 105 Å². The average molecular weight is 608 g/mol. The molecule has 0 unspecified atom stereocenters. The standard InChI is InChI=1S/C43H29NOS/c1-43(2)35-13-6-3-12-33(35)41-36(43)14-9-15-37(41)44(28-21-23-30-29-10-4-7-16-38(29)45-39(30)25-28)27-20-18-26-19-22-32-31-11-5-8-17-40(31)46-42(32)34(26)24-27/h3-25H,1-2H3. The zero-order chi connectivity index (χ0) is 30.6. The Kier molecular flexibility index (Phi) is 5.25. The van der Waals surface area contributed by atoms with E-state index in [-0.39, 0.29) is 5.41 Å². The molecule has 0 spiro atoms. The monoisotopic (exact) mass is 607 g/mol. The molecule has 0 amide bonds. The Morgan fingerprint density at radius 2 is 1.24 bits per heavy atom. The molecule has 3 heteroatoms. The van der Waals surface area contributed by atoms with Crippen molar-refractivity contribution in [3.05, 3.63) is 151 Å². The van der Waals surface area contributed by atoms with Gasteiger partial charge in [-0.2, -0.15) is 0 Å². The van der Waals surface area contributed by atoms with E-state index in [1.165, 1.54) is 58.9 Å². The fourth-order valence-electron chi connectivity index (χ4n) is 7.83. The second kappa shape index (κ2) is 9.32. The smallest absolute Gasteiger partial charge is 0.137 e. The van der Waals surface area contributed by atoms with Crippen molar-refractivity contribution in [3.63, 3.8) is 0 Å². The summed E-state index contributed by atoms with van der Waals surface area (Å²) in [7, 11) is 0. The average Bonchev–Trinajstić information content (AvgIpc) is 3.73. The van der Waals surface area contributed by atoms with Crippen molar-refractivity contribution >= 4 is 81.3 Å². The third-order valence-corrected chi connectivity index (χ3v) is 11.3. The van der Waals surface area contributed by atoms with Gasteiger partial charge >= 0.3 is 0 Å². The molecule has 9 aromatic rings. The maximum Gasteiger partial charge on any atom is 0.137 e. The molecule has 0 bridgehead atoms. The summed E-state index contributed by atoms with van der Waals surface area (Å²) in [6, 6.07) is 50.9. The van der Waals surface area contributed by atoms with Gasteiger partial charge in [0.25, 0.3) is 0 Å². The predicted molar refractivity (Wildman–Crippen MR) is 196 cm³/mol. The van der Waals surface area contributed by atoms with Crippen LogP contribution in [0.5, 0.6) is 0 Å². The zero-order valence-corrected chi connectivity index (χ0v) is 26.4. The van der Waals surface area contributed by atoms with Crippen molar-refractivity contribution in [3.8, 4) is 11.1 Å². The number of hydrogen-bond donors (Lipinski definition) is 0. The van der Waals surface area contributed by atoms with Crippen LogP contribution in [0.15, 0.2) is 144 Å². The minimum atomic E-state index is -0.0943. The van der Waals surface area contributed by atoms with Gasteiger partial charge in [0, 0.05) is 64.8 Å². The lowest BCUT2D eigenvalue weighted by molar-refractivity contribution is 0.660. The first-order valence-electron chi connectivity index (χ1n) is 15.9. The molecule has 0 radical (unpaired) electrons. The molecular weight excluding hydrogens is 579 g/mol. The summed E-state index contributed by atoms with van der Waals surface area (Å²) < 4.78 is 9.09. The lowest BCUT2D eigenvalue weighted by Crippen LogP contribution is -2.16. The number of anilines is 3. The summed E-state index contributed by atoms with van der Waals surface area (Å²) in [5.74, 6) is 0. The molecule has 0 atom stereocenters. The van der Waals surface area contributed by atoms with Crippen LogP contribution >= 0.6 is 11.3 Å². The van der Waals surface area contributed by atoms with Crippen LogP contribution in [0.25, 0.3) is 64.0 Å². The van der Waals surface area contributed by atoms with Gasteiger partial charge in [0.05, 0.1) is 5.69 Å². The van der Waals surface area contributed by atoms with Gasteiger partial charge in [-0.05, 0) is 64.5 Å². The van der Waals surface area contributed by atoms with Crippen LogP contribution < -0.4 is 4.90 Å². The Morgan fingerprint density at radius 1 is 0.543 bits per heavy atom. The molecule has 0 saturated heterocycles. The highest BCUT2D eigenvalue weighted by molar-refractivity contribution is 7.26. The summed E-state index contributed by atoms with van der Waals surface area (Å²) >= 11 is 1.88. The van der Waals surface area contributed by atoms with Crippen LogP contribution in [0.1, 0.15) is 25.0 Å². The molecule has 1 aliphatic rings. The first-order chi connectivity index (χ1) is 22.6. The minimum Gasteiger partial charge on any atom is -0.456 e. The maximum absolute atomic E-state index is 6.43. The van der Waals surface area contributed by atoms with E-state index in [1.54, 1.807) is 0 Å². The van der Waals surface area contributed by atoms with Crippen molar-refractivity contribution < 1.29 is 4.42 Å². The highest BCUT2D eigenvalue weighted by Crippen LogP contribution is 2.54. The van der Waals surface area contributed by atoms with E-state index in [1.807, 2.05) is 17.4 Å². The van der Waals surface area contributed by atoms with E-state index >= 15 is 0 Å². The fraction of sp³-hybridized carbons (Fsp3) is 0.0698. The second-order valence-electron chi connectivity index (χ2n) is 12.9. The molecule has 46 heavy (non-hydrogen) atoms. The number of nitrogens with zero attached hydrogens (tertiary/aromatic N) is 1. The van der Waals surface area contributed by atoms with Crippen molar-refractivity contribution in [1.82, 2.24) is 0 Å². The topological polar surface area (TPSA) is 16.4 Å². The molecule has 2 heterocycles. The molecule has 1 aliphatic carbocycles. The molecule has 2 nitrogen and oxygen atoms in total. The highest BCUT2D eigenvalue weighted by Gasteiger charge is 2.37. The Balaban J connectivity index is 1.28. The summed E-state index contributed by atoms with van der Waals surface area (Å²) in [4.78, 5) is 2.44. The SMILES string of the molecule is CC1(C)c2ccccc2-c2c(N(c3ccc4c(c3)oc3ccccc34)c3ccc4ccc5c6ccccc6sc5c4c3)cccc21. The van der Waals surface area contributed by atoms with Gasteiger partial charge in [-0.25, -0.2) is 0 Å².